The van der Waals surface area contributed by atoms with Crippen molar-refractivity contribution >= 4 is 15.8 Å². The van der Waals surface area contributed by atoms with Gasteiger partial charge in [0.25, 0.3) is 0 Å². The van der Waals surface area contributed by atoms with E-state index in [0.29, 0.717) is 25.9 Å². The maximum absolute atomic E-state index is 13.8. The number of carboxylic acid groups (broad SMARTS) is 1. The molecular weight excluding hydrogens is 488 g/mol. The van der Waals surface area contributed by atoms with E-state index in [1.165, 1.54) is 0 Å². The topological polar surface area (TPSA) is 95.9 Å². The zero-order valence-corrected chi connectivity index (χ0v) is 22.1. The Hall–Kier alpha value is -3.20. The molecule has 4 rings (SSSR count). The van der Waals surface area contributed by atoms with Crippen molar-refractivity contribution in [3.8, 4) is 16.9 Å². The predicted octanol–water partition coefficient (Wildman–Crippen LogP) is 3.89. The number of aliphatic carboxylic acids is 1. The molecule has 0 aliphatic carbocycles. The van der Waals surface area contributed by atoms with E-state index in [1.807, 2.05) is 55.6 Å². The van der Waals surface area contributed by atoms with E-state index in [1.54, 1.807) is 37.4 Å². The molecule has 0 saturated carbocycles. The number of carbonyl (C=O) groups is 1. The number of sulfone groups is 1. The first-order valence-electron chi connectivity index (χ1n) is 12.4. The van der Waals surface area contributed by atoms with E-state index in [9.17, 15) is 18.3 Å². The fraction of sp³-hybridized carbons (Fsp3) is 0.345. The van der Waals surface area contributed by atoms with Crippen molar-refractivity contribution in [1.29, 1.82) is 0 Å². The summed E-state index contributed by atoms with van der Waals surface area (Å²) in [4.78, 5) is 14.6. The van der Waals surface area contributed by atoms with Crippen molar-refractivity contribution in [2.45, 2.75) is 34.9 Å². The van der Waals surface area contributed by atoms with Crippen LogP contribution in [-0.2, 0) is 21.1 Å². The molecule has 3 aromatic rings. The zero-order valence-electron chi connectivity index (χ0n) is 21.3. The third-order valence-electron chi connectivity index (χ3n) is 7.30. The summed E-state index contributed by atoms with van der Waals surface area (Å²) in [6.45, 7) is 1.35. The van der Waals surface area contributed by atoms with Crippen LogP contribution < -0.4 is 10.1 Å². The second-order valence-corrected chi connectivity index (χ2v) is 12.0. The molecule has 1 atom stereocenters. The molecule has 8 heteroatoms. The molecular formula is C29H34N2O5S. The van der Waals surface area contributed by atoms with E-state index >= 15 is 0 Å². The number of benzene rings is 3. The SMILES string of the molecule is COc1ccccc1-c1ccc(C[C@H](NCC2(S(=O)(=O)c3ccccc3)CCN(C)CC2)C(=O)O)cc1. The van der Waals surface area contributed by atoms with E-state index in [0.717, 1.165) is 22.4 Å². The van der Waals surface area contributed by atoms with Crippen molar-refractivity contribution in [3.05, 3.63) is 84.4 Å². The number of rotatable bonds is 10. The van der Waals surface area contributed by atoms with Gasteiger partial charge in [-0.05, 0) is 68.7 Å². The highest BCUT2D eigenvalue weighted by Gasteiger charge is 2.46. The van der Waals surface area contributed by atoms with Crippen LogP contribution in [0.2, 0.25) is 0 Å². The van der Waals surface area contributed by atoms with Gasteiger partial charge in [-0.25, -0.2) is 8.42 Å². The van der Waals surface area contributed by atoms with Gasteiger partial charge in [0.05, 0.1) is 16.8 Å². The lowest BCUT2D eigenvalue weighted by molar-refractivity contribution is -0.139. The Morgan fingerprint density at radius 3 is 2.24 bits per heavy atom. The summed E-state index contributed by atoms with van der Waals surface area (Å²) in [5, 5.41) is 13.1. The Morgan fingerprint density at radius 1 is 1.00 bits per heavy atom. The van der Waals surface area contributed by atoms with E-state index in [2.05, 4.69) is 10.2 Å². The molecule has 196 valence electrons. The molecule has 0 bridgehead atoms. The van der Waals surface area contributed by atoms with Gasteiger partial charge in [0.2, 0.25) is 0 Å². The highest BCUT2D eigenvalue weighted by molar-refractivity contribution is 7.92. The second kappa shape index (κ2) is 11.5. The largest absolute Gasteiger partial charge is 0.496 e. The number of nitrogens with zero attached hydrogens (tertiary/aromatic N) is 1. The Labute approximate surface area is 219 Å². The number of carboxylic acids is 1. The first-order chi connectivity index (χ1) is 17.8. The minimum absolute atomic E-state index is 0.0777. The first kappa shape index (κ1) is 26.9. The molecule has 1 saturated heterocycles. The molecule has 1 aliphatic rings. The molecule has 1 heterocycles. The number of nitrogens with one attached hydrogen (secondary N) is 1. The van der Waals surface area contributed by atoms with Crippen molar-refractivity contribution in [3.63, 3.8) is 0 Å². The number of para-hydroxylation sites is 1. The molecule has 37 heavy (non-hydrogen) atoms. The first-order valence-corrected chi connectivity index (χ1v) is 13.9. The summed E-state index contributed by atoms with van der Waals surface area (Å²) in [7, 11) is -0.0743. The smallest absolute Gasteiger partial charge is 0.321 e. The number of hydrogen-bond donors (Lipinski definition) is 2. The second-order valence-electron chi connectivity index (χ2n) is 9.68. The minimum Gasteiger partial charge on any atom is -0.496 e. The molecule has 7 nitrogen and oxygen atoms in total. The number of hydrogen-bond acceptors (Lipinski definition) is 6. The lowest BCUT2D eigenvalue weighted by Crippen LogP contribution is -2.56. The Kier molecular flexibility index (Phi) is 8.32. The van der Waals surface area contributed by atoms with Crippen LogP contribution in [0.25, 0.3) is 11.1 Å². The van der Waals surface area contributed by atoms with Crippen molar-refractivity contribution < 1.29 is 23.1 Å². The van der Waals surface area contributed by atoms with Gasteiger partial charge in [0, 0.05) is 12.1 Å². The van der Waals surface area contributed by atoms with Gasteiger partial charge in [-0.15, -0.1) is 0 Å². The van der Waals surface area contributed by atoms with Crippen LogP contribution in [-0.4, -0.2) is 69.0 Å². The maximum atomic E-state index is 13.8. The monoisotopic (exact) mass is 522 g/mol. The van der Waals surface area contributed by atoms with Crippen molar-refractivity contribution in [1.82, 2.24) is 10.2 Å². The van der Waals surface area contributed by atoms with Gasteiger partial charge in [-0.1, -0.05) is 60.7 Å². The predicted molar refractivity (Wildman–Crippen MR) is 145 cm³/mol. The van der Waals surface area contributed by atoms with Crippen LogP contribution in [0.1, 0.15) is 18.4 Å². The highest BCUT2D eigenvalue weighted by atomic mass is 32.2. The third kappa shape index (κ3) is 5.87. The van der Waals surface area contributed by atoms with E-state index in [4.69, 9.17) is 4.74 Å². The summed E-state index contributed by atoms with van der Waals surface area (Å²) >= 11 is 0. The summed E-state index contributed by atoms with van der Waals surface area (Å²) < 4.78 is 31.9. The average Bonchev–Trinajstić information content (AvgIpc) is 2.92. The standard InChI is InChI=1S/C29H34N2O5S/c1-31-18-16-29(17-19-31,37(34,35)24-8-4-3-5-9-24)21-30-26(28(32)33)20-22-12-14-23(15-13-22)25-10-6-7-11-27(25)36-2/h3-15,26,30H,16-21H2,1-2H3,(H,32,33)/t26-/m0/s1. The van der Waals surface area contributed by atoms with Gasteiger partial charge in [0.1, 0.15) is 11.8 Å². The molecule has 3 aromatic carbocycles. The van der Waals surface area contributed by atoms with Gasteiger partial charge >= 0.3 is 5.97 Å². The minimum atomic E-state index is -3.68. The fourth-order valence-electron chi connectivity index (χ4n) is 4.91. The normalized spacial score (nSPS) is 16.7. The molecule has 1 fully saturated rings. The third-order valence-corrected chi connectivity index (χ3v) is 9.89. The summed E-state index contributed by atoms with van der Waals surface area (Å²) in [6.07, 6.45) is 1.12. The van der Waals surface area contributed by atoms with Gasteiger partial charge in [-0.2, -0.15) is 0 Å². The van der Waals surface area contributed by atoms with Crippen LogP contribution in [0, 0.1) is 0 Å². The summed E-state index contributed by atoms with van der Waals surface area (Å²) in [5.41, 5.74) is 2.78. The molecule has 2 N–H and O–H groups in total. The van der Waals surface area contributed by atoms with E-state index in [-0.39, 0.29) is 17.9 Å². The van der Waals surface area contributed by atoms with Crippen LogP contribution >= 0.6 is 0 Å². The highest BCUT2D eigenvalue weighted by Crippen LogP contribution is 2.35. The van der Waals surface area contributed by atoms with Crippen LogP contribution in [0.5, 0.6) is 5.75 Å². The molecule has 0 aromatic heterocycles. The number of likely N-dealkylation sites (tertiary alicyclic amines) is 1. The van der Waals surface area contributed by atoms with Crippen molar-refractivity contribution in [2.75, 3.05) is 33.8 Å². The zero-order chi connectivity index (χ0) is 26.5. The molecule has 1 aliphatic heterocycles. The molecule has 0 radical (unpaired) electrons. The number of piperidine rings is 1. The number of ether oxygens (including phenoxy) is 1. The Balaban J connectivity index is 1.53. The van der Waals surface area contributed by atoms with Crippen molar-refractivity contribution in [2.24, 2.45) is 0 Å². The average molecular weight is 523 g/mol. The van der Waals surface area contributed by atoms with Crippen LogP contribution in [0.3, 0.4) is 0 Å². The lowest BCUT2D eigenvalue weighted by atomic mass is 9.94. The molecule has 0 unspecified atom stereocenters. The number of methoxy groups -OCH3 is 1. The van der Waals surface area contributed by atoms with Gasteiger partial charge in [0.15, 0.2) is 9.84 Å². The quantitative estimate of drug-likeness (QED) is 0.417. The van der Waals surface area contributed by atoms with Crippen LogP contribution in [0.4, 0.5) is 0 Å². The Bertz CT molecular complexity index is 1300. The molecule has 0 amide bonds. The fourth-order valence-corrected chi connectivity index (χ4v) is 6.92. The Morgan fingerprint density at radius 2 is 1.62 bits per heavy atom. The van der Waals surface area contributed by atoms with E-state index < -0.39 is 26.6 Å². The van der Waals surface area contributed by atoms with Crippen LogP contribution in [0.15, 0.2) is 83.8 Å². The maximum Gasteiger partial charge on any atom is 0.321 e. The summed E-state index contributed by atoms with van der Waals surface area (Å²) in [6, 6.07) is 23.0. The summed E-state index contributed by atoms with van der Waals surface area (Å²) in [5.74, 6) is -0.239. The van der Waals surface area contributed by atoms with Gasteiger partial charge < -0.3 is 20.1 Å². The van der Waals surface area contributed by atoms with Gasteiger partial charge in [-0.3, -0.25) is 4.79 Å². The molecule has 0 spiro atoms. The lowest BCUT2D eigenvalue weighted by Gasteiger charge is -2.40.